The molecule has 0 aromatic heterocycles. The quantitative estimate of drug-likeness (QED) is 0.128. The van der Waals surface area contributed by atoms with E-state index in [0.29, 0.717) is 70.7 Å². The molecular formula is C35H32N2O7. The number of anilines is 2. The summed E-state index contributed by atoms with van der Waals surface area (Å²) in [4.78, 5) is 27.8. The highest BCUT2D eigenvalue weighted by Crippen LogP contribution is 2.54. The Bertz CT molecular complexity index is 2400. The number of phenolic OH excluding ortho intramolecular Hbond substituents is 1. The summed E-state index contributed by atoms with van der Waals surface area (Å²) in [6.07, 6.45) is 4.10. The number of benzene rings is 5. The second-order valence-corrected chi connectivity index (χ2v) is 12.4. The number of nitrogens with one attached hydrogen (secondary N) is 2. The minimum atomic E-state index is -0.499. The van der Waals surface area contributed by atoms with Crippen molar-refractivity contribution in [3.8, 4) is 11.5 Å². The SMILES string of the molecule is COc1c(O)c2c(=O)cc(CO)c3c4c(CO)cc(=O)c5c6c(c7cc(C)/c(=C(\C)O)c1c(c23)c7c54)NC1CCCCC1N6. The Morgan fingerprint density at radius 3 is 1.91 bits per heavy atom. The standard InChI is InChI=1S/C35H32N2O7/c1-13-8-17-25-28-23(15(11-38)9-20(41)26(28)33-32(17)36-18-6-4-5-7-19(18)37-33)24-16(12-39)10-21(42)27-29(24)30(25)31(22(13)14(2)40)35(44-3)34(27)43/h8-10,18-19,36-40,43H,4-7,11-12H2,1-3H3/b22-14-. The van der Waals surface area contributed by atoms with Gasteiger partial charge in [-0.05, 0) is 72.4 Å². The topological polar surface area (TPSA) is 148 Å². The predicted octanol–water partition coefficient (Wildman–Crippen LogP) is 4.61. The van der Waals surface area contributed by atoms with E-state index in [-0.39, 0.29) is 40.2 Å². The second-order valence-electron chi connectivity index (χ2n) is 12.4. The molecule has 0 saturated heterocycles. The minimum Gasteiger partial charge on any atom is -0.512 e. The van der Waals surface area contributed by atoms with Crippen LogP contribution in [0.15, 0.2) is 27.8 Å². The van der Waals surface area contributed by atoms with E-state index < -0.39 is 18.6 Å². The molecule has 6 aromatic carbocycles. The summed E-state index contributed by atoms with van der Waals surface area (Å²) < 4.78 is 5.80. The normalized spacial score (nSPS) is 19.0. The Morgan fingerprint density at radius 2 is 1.34 bits per heavy atom. The van der Waals surface area contributed by atoms with Crippen molar-refractivity contribution in [1.82, 2.24) is 0 Å². The smallest absolute Gasteiger partial charge is 0.190 e. The summed E-state index contributed by atoms with van der Waals surface area (Å²) in [5.74, 6) is -0.352. The van der Waals surface area contributed by atoms with E-state index in [9.17, 15) is 30.0 Å². The molecule has 2 atom stereocenters. The Kier molecular flexibility index (Phi) is 5.64. The number of methoxy groups -OCH3 is 1. The average molecular weight is 593 g/mol. The molecular weight excluding hydrogens is 560 g/mol. The largest absolute Gasteiger partial charge is 0.512 e. The van der Waals surface area contributed by atoms with E-state index in [0.717, 1.165) is 36.8 Å². The summed E-state index contributed by atoms with van der Waals surface area (Å²) >= 11 is 0. The molecule has 2 unspecified atom stereocenters. The van der Waals surface area contributed by atoms with Crippen LogP contribution in [0.5, 0.6) is 11.5 Å². The van der Waals surface area contributed by atoms with Crippen LogP contribution in [0, 0.1) is 6.92 Å². The minimum absolute atomic E-state index is 0.00924. The van der Waals surface area contributed by atoms with Crippen molar-refractivity contribution in [2.45, 2.75) is 64.8 Å². The molecule has 0 amide bonds. The first-order valence-electron chi connectivity index (χ1n) is 15.0. The summed E-state index contributed by atoms with van der Waals surface area (Å²) in [7, 11) is 1.40. The number of fused-ring (bicyclic) bond motifs is 5. The van der Waals surface area contributed by atoms with Crippen LogP contribution in [0.2, 0.25) is 0 Å². The zero-order valence-corrected chi connectivity index (χ0v) is 24.6. The summed E-state index contributed by atoms with van der Waals surface area (Å²) in [6, 6.07) is 4.99. The number of ether oxygens (including phenoxy) is 1. The first-order valence-corrected chi connectivity index (χ1v) is 15.0. The van der Waals surface area contributed by atoms with Crippen LogP contribution < -0.4 is 31.4 Å². The first kappa shape index (κ1) is 27.0. The summed E-state index contributed by atoms with van der Waals surface area (Å²) in [5.41, 5.74) is 2.07. The molecule has 1 aliphatic carbocycles. The third kappa shape index (κ3) is 3.20. The van der Waals surface area contributed by atoms with Gasteiger partial charge in [-0.3, -0.25) is 9.59 Å². The lowest BCUT2D eigenvalue weighted by molar-refractivity contribution is 0.282. The van der Waals surface area contributed by atoms with Crippen LogP contribution in [-0.4, -0.2) is 39.6 Å². The zero-order chi connectivity index (χ0) is 30.8. The van der Waals surface area contributed by atoms with Gasteiger partial charge in [0.1, 0.15) is 0 Å². The molecule has 2 aliphatic rings. The van der Waals surface area contributed by atoms with Gasteiger partial charge in [0.05, 0.1) is 48.2 Å². The number of aromatic hydroxyl groups is 1. The number of hydrogen-bond donors (Lipinski definition) is 6. The third-order valence-electron chi connectivity index (χ3n) is 10.1. The van der Waals surface area contributed by atoms with E-state index in [1.807, 2.05) is 13.0 Å². The van der Waals surface area contributed by atoms with Crippen molar-refractivity contribution in [2.75, 3.05) is 17.7 Å². The van der Waals surface area contributed by atoms with Crippen LogP contribution in [-0.2, 0) is 13.2 Å². The molecule has 6 aromatic rings. The fourth-order valence-electron chi connectivity index (χ4n) is 8.40. The molecule has 6 N–H and O–H groups in total. The molecule has 1 aliphatic heterocycles. The van der Waals surface area contributed by atoms with Gasteiger partial charge in [0.25, 0.3) is 0 Å². The molecule has 1 heterocycles. The lowest BCUT2D eigenvalue weighted by Crippen LogP contribution is -2.45. The molecule has 1 saturated carbocycles. The van der Waals surface area contributed by atoms with Gasteiger partial charge in [-0.15, -0.1) is 0 Å². The molecule has 0 spiro atoms. The summed E-state index contributed by atoms with van der Waals surface area (Å²) in [5, 5.41) is 56.8. The van der Waals surface area contributed by atoms with Gasteiger partial charge < -0.3 is 35.8 Å². The fraction of sp³-hybridized carbons (Fsp3) is 0.314. The Labute approximate surface area is 250 Å². The van der Waals surface area contributed by atoms with Gasteiger partial charge in [-0.25, -0.2) is 0 Å². The molecule has 9 nitrogen and oxygen atoms in total. The Morgan fingerprint density at radius 1 is 0.795 bits per heavy atom. The zero-order valence-electron chi connectivity index (χ0n) is 24.6. The van der Waals surface area contributed by atoms with Crippen LogP contribution in [0.3, 0.4) is 0 Å². The van der Waals surface area contributed by atoms with E-state index in [4.69, 9.17) is 4.74 Å². The van der Waals surface area contributed by atoms with Crippen molar-refractivity contribution in [1.29, 1.82) is 0 Å². The fourth-order valence-corrected chi connectivity index (χ4v) is 8.40. The average Bonchev–Trinajstić information content (AvgIpc) is 3.14. The van der Waals surface area contributed by atoms with E-state index in [1.54, 1.807) is 6.92 Å². The second kappa shape index (κ2) is 9.20. The maximum absolute atomic E-state index is 14.1. The first-order chi connectivity index (χ1) is 21.2. The van der Waals surface area contributed by atoms with E-state index in [1.165, 1.54) is 19.2 Å². The van der Waals surface area contributed by atoms with Gasteiger partial charge >= 0.3 is 0 Å². The van der Waals surface area contributed by atoms with Gasteiger partial charge in [0.2, 0.25) is 0 Å². The van der Waals surface area contributed by atoms with Crippen molar-refractivity contribution < 1.29 is 25.2 Å². The van der Waals surface area contributed by atoms with Crippen LogP contribution in [0.4, 0.5) is 11.4 Å². The lowest BCUT2D eigenvalue weighted by Gasteiger charge is -2.40. The third-order valence-corrected chi connectivity index (χ3v) is 10.1. The number of aliphatic hydroxyl groups is 3. The molecule has 9 heteroatoms. The number of aliphatic hydroxyl groups excluding tert-OH is 3. The van der Waals surface area contributed by atoms with Gasteiger partial charge in [0, 0.05) is 49.6 Å². The van der Waals surface area contributed by atoms with Crippen LogP contribution >= 0.6 is 0 Å². The predicted molar refractivity (Wildman–Crippen MR) is 174 cm³/mol. The molecule has 1 fully saturated rings. The van der Waals surface area contributed by atoms with Crippen LogP contribution in [0.1, 0.15) is 49.3 Å². The number of hydrogen-bond acceptors (Lipinski definition) is 9. The molecule has 0 bridgehead atoms. The Balaban J connectivity index is 1.85. The van der Waals surface area contributed by atoms with Crippen LogP contribution in [0.25, 0.3) is 59.6 Å². The van der Waals surface area contributed by atoms with Gasteiger partial charge in [-0.1, -0.05) is 12.8 Å². The molecule has 8 rings (SSSR count). The van der Waals surface area contributed by atoms with E-state index >= 15 is 0 Å². The number of aryl methyl sites for hydroxylation is 1. The molecule has 44 heavy (non-hydrogen) atoms. The highest BCUT2D eigenvalue weighted by Gasteiger charge is 2.36. The van der Waals surface area contributed by atoms with Crippen molar-refractivity contribution >= 4 is 71.0 Å². The molecule has 0 radical (unpaired) electrons. The van der Waals surface area contributed by atoms with E-state index in [2.05, 4.69) is 10.6 Å². The summed E-state index contributed by atoms with van der Waals surface area (Å²) in [6.45, 7) is 2.50. The highest BCUT2D eigenvalue weighted by molar-refractivity contribution is 6.44. The van der Waals surface area contributed by atoms with Crippen molar-refractivity contribution in [3.63, 3.8) is 0 Å². The molecule has 224 valence electrons. The number of rotatable bonds is 3. The van der Waals surface area contributed by atoms with Crippen molar-refractivity contribution in [2.24, 2.45) is 0 Å². The Hall–Kier alpha value is -4.60. The maximum atomic E-state index is 14.1. The highest BCUT2D eigenvalue weighted by atomic mass is 16.5. The van der Waals surface area contributed by atoms with Gasteiger partial charge in [-0.2, -0.15) is 0 Å². The van der Waals surface area contributed by atoms with Crippen molar-refractivity contribution in [3.05, 3.63) is 60.6 Å². The number of phenols is 1. The van der Waals surface area contributed by atoms with Gasteiger partial charge in [0.15, 0.2) is 22.4 Å². The lowest BCUT2D eigenvalue weighted by atomic mass is 9.81. The monoisotopic (exact) mass is 592 g/mol. The maximum Gasteiger partial charge on any atom is 0.190 e.